The number of aromatic nitrogens is 1. The molecule has 22 heavy (non-hydrogen) atoms. The van der Waals surface area contributed by atoms with E-state index in [-0.39, 0.29) is 11.8 Å². The molecule has 1 amide bonds. The quantitative estimate of drug-likeness (QED) is 0.836. The minimum Gasteiger partial charge on any atom is -0.444 e. The van der Waals surface area contributed by atoms with E-state index in [9.17, 15) is 9.59 Å². The van der Waals surface area contributed by atoms with Crippen LogP contribution in [-0.2, 0) is 4.74 Å². The Labute approximate surface area is 131 Å². The van der Waals surface area contributed by atoms with Gasteiger partial charge in [-0.15, -0.1) is 0 Å². The first-order chi connectivity index (χ1) is 10.3. The van der Waals surface area contributed by atoms with Gasteiger partial charge < -0.3 is 15.0 Å². The van der Waals surface area contributed by atoms with Crippen molar-refractivity contribution in [1.82, 2.24) is 15.2 Å². The summed E-state index contributed by atoms with van der Waals surface area (Å²) in [5.41, 5.74) is 0.129. The Kier molecular flexibility index (Phi) is 5.24. The number of aromatic amines is 1. The van der Waals surface area contributed by atoms with E-state index in [1.807, 2.05) is 26.8 Å². The van der Waals surface area contributed by atoms with Gasteiger partial charge in [-0.2, -0.15) is 0 Å². The van der Waals surface area contributed by atoms with E-state index in [2.05, 4.69) is 15.2 Å². The highest BCUT2D eigenvalue weighted by atomic mass is 16.6. The Balaban J connectivity index is 1.81. The number of likely N-dealkylation sites (tertiary alicyclic amines) is 1. The van der Waals surface area contributed by atoms with E-state index in [1.165, 1.54) is 0 Å². The number of carbonyl (C=O) groups excluding carboxylic acids is 2. The van der Waals surface area contributed by atoms with Gasteiger partial charge in [0.25, 0.3) is 0 Å². The zero-order valence-electron chi connectivity index (χ0n) is 13.5. The highest BCUT2D eigenvalue weighted by Crippen LogP contribution is 2.13. The van der Waals surface area contributed by atoms with E-state index < -0.39 is 11.7 Å². The SMILES string of the molecule is CC(C)(C)OC(=O)N[C@@H]1CCCN(CC(=O)c2ccc[nH]2)C1. The summed E-state index contributed by atoms with van der Waals surface area (Å²) in [5.74, 6) is 0.0721. The van der Waals surface area contributed by atoms with Gasteiger partial charge in [-0.05, 0) is 52.3 Å². The first-order valence-electron chi connectivity index (χ1n) is 7.72. The van der Waals surface area contributed by atoms with Crippen molar-refractivity contribution in [3.63, 3.8) is 0 Å². The van der Waals surface area contributed by atoms with Gasteiger partial charge in [-0.25, -0.2) is 4.79 Å². The monoisotopic (exact) mass is 307 g/mol. The second-order valence-corrected chi connectivity index (χ2v) is 6.73. The van der Waals surface area contributed by atoms with Crippen molar-refractivity contribution in [2.75, 3.05) is 19.6 Å². The predicted octanol–water partition coefficient (Wildman–Crippen LogP) is 2.19. The molecular formula is C16H25N3O3. The molecular weight excluding hydrogens is 282 g/mol. The van der Waals surface area contributed by atoms with E-state index in [0.29, 0.717) is 18.8 Å². The van der Waals surface area contributed by atoms with Crippen LogP contribution in [0.4, 0.5) is 4.79 Å². The van der Waals surface area contributed by atoms with E-state index in [0.717, 1.165) is 19.4 Å². The Bertz CT molecular complexity index is 505. The molecule has 0 bridgehead atoms. The highest BCUT2D eigenvalue weighted by Gasteiger charge is 2.25. The fourth-order valence-corrected chi connectivity index (χ4v) is 2.58. The van der Waals surface area contributed by atoms with Crippen molar-refractivity contribution in [3.8, 4) is 0 Å². The summed E-state index contributed by atoms with van der Waals surface area (Å²) in [5, 5.41) is 2.89. The van der Waals surface area contributed by atoms with E-state index in [1.54, 1.807) is 12.3 Å². The molecule has 0 aromatic carbocycles. The number of carbonyl (C=O) groups is 2. The molecule has 0 radical (unpaired) electrons. The van der Waals surface area contributed by atoms with Gasteiger partial charge in [0.1, 0.15) is 5.60 Å². The second kappa shape index (κ2) is 6.96. The van der Waals surface area contributed by atoms with Crippen molar-refractivity contribution < 1.29 is 14.3 Å². The largest absolute Gasteiger partial charge is 0.444 e. The Morgan fingerprint density at radius 3 is 2.86 bits per heavy atom. The molecule has 1 aromatic rings. The van der Waals surface area contributed by atoms with Crippen LogP contribution in [0.3, 0.4) is 0 Å². The molecule has 0 saturated carbocycles. The van der Waals surface area contributed by atoms with Gasteiger partial charge in [0, 0.05) is 18.8 Å². The first kappa shape index (κ1) is 16.5. The van der Waals surface area contributed by atoms with Crippen molar-refractivity contribution in [3.05, 3.63) is 24.0 Å². The Morgan fingerprint density at radius 2 is 2.23 bits per heavy atom. The van der Waals surface area contributed by atoms with Gasteiger partial charge in [-0.3, -0.25) is 9.69 Å². The molecule has 0 unspecified atom stereocenters. The number of amides is 1. The molecule has 1 fully saturated rings. The molecule has 2 heterocycles. The first-order valence-corrected chi connectivity index (χ1v) is 7.72. The van der Waals surface area contributed by atoms with Crippen LogP contribution in [-0.4, -0.2) is 53.0 Å². The van der Waals surface area contributed by atoms with Crippen LogP contribution in [0.2, 0.25) is 0 Å². The lowest BCUT2D eigenvalue weighted by molar-refractivity contribution is 0.0473. The second-order valence-electron chi connectivity index (χ2n) is 6.73. The molecule has 0 spiro atoms. The van der Waals surface area contributed by atoms with Crippen LogP contribution in [0.15, 0.2) is 18.3 Å². The highest BCUT2D eigenvalue weighted by molar-refractivity contribution is 5.95. The number of H-pyrrole nitrogens is 1. The number of nitrogens with zero attached hydrogens (tertiary/aromatic N) is 1. The number of rotatable bonds is 4. The summed E-state index contributed by atoms with van der Waals surface area (Å²) in [4.78, 5) is 28.9. The van der Waals surface area contributed by atoms with Crippen LogP contribution in [0, 0.1) is 0 Å². The fraction of sp³-hybridized carbons (Fsp3) is 0.625. The molecule has 122 valence electrons. The van der Waals surface area contributed by atoms with Gasteiger partial charge in [0.05, 0.1) is 12.2 Å². The average Bonchev–Trinajstić information content (AvgIpc) is 2.90. The molecule has 2 rings (SSSR count). The number of piperidine rings is 1. The van der Waals surface area contributed by atoms with E-state index >= 15 is 0 Å². The van der Waals surface area contributed by atoms with Gasteiger partial charge in [0.2, 0.25) is 0 Å². The molecule has 1 aliphatic rings. The van der Waals surface area contributed by atoms with E-state index in [4.69, 9.17) is 4.74 Å². The third-order valence-electron chi connectivity index (χ3n) is 3.49. The number of nitrogens with one attached hydrogen (secondary N) is 2. The third kappa shape index (κ3) is 5.18. The standard InChI is InChI=1S/C16H25N3O3/c1-16(2,3)22-15(21)18-12-6-5-9-19(10-12)11-14(20)13-7-4-8-17-13/h4,7-8,12,17H,5-6,9-11H2,1-3H3,(H,18,21)/t12-/m1/s1. The van der Waals surface area contributed by atoms with Crippen molar-refractivity contribution in [1.29, 1.82) is 0 Å². The van der Waals surface area contributed by atoms with Crippen molar-refractivity contribution in [2.45, 2.75) is 45.3 Å². The Hall–Kier alpha value is -1.82. The van der Waals surface area contributed by atoms with Crippen LogP contribution < -0.4 is 5.32 Å². The van der Waals surface area contributed by atoms with Crippen LogP contribution in [0.1, 0.15) is 44.1 Å². The predicted molar refractivity (Wildman–Crippen MR) is 84.0 cm³/mol. The smallest absolute Gasteiger partial charge is 0.407 e. The van der Waals surface area contributed by atoms with Gasteiger partial charge >= 0.3 is 6.09 Å². The van der Waals surface area contributed by atoms with Gasteiger partial charge in [-0.1, -0.05) is 0 Å². The lowest BCUT2D eigenvalue weighted by Gasteiger charge is -2.33. The summed E-state index contributed by atoms with van der Waals surface area (Å²) >= 11 is 0. The average molecular weight is 307 g/mol. The molecule has 1 aliphatic heterocycles. The lowest BCUT2D eigenvalue weighted by Crippen LogP contribution is -2.49. The maximum atomic E-state index is 12.1. The number of alkyl carbamates (subject to hydrolysis) is 1. The summed E-state index contributed by atoms with van der Waals surface area (Å²) in [6, 6.07) is 3.62. The molecule has 0 aliphatic carbocycles. The normalized spacial score (nSPS) is 19.7. The summed E-state index contributed by atoms with van der Waals surface area (Å²) in [7, 11) is 0. The number of ether oxygens (including phenoxy) is 1. The molecule has 2 N–H and O–H groups in total. The zero-order valence-corrected chi connectivity index (χ0v) is 13.5. The minimum absolute atomic E-state index is 0.0278. The molecule has 1 saturated heterocycles. The van der Waals surface area contributed by atoms with Crippen LogP contribution >= 0.6 is 0 Å². The topological polar surface area (TPSA) is 74.4 Å². The fourth-order valence-electron chi connectivity index (χ4n) is 2.58. The summed E-state index contributed by atoms with van der Waals surface area (Å²) in [6.45, 7) is 7.44. The number of Topliss-reactive ketones (excluding diaryl/α,β-unsaturated/α-hetero) is 1. The lowest BCUT2D eigenvalue weighted by atomic mass is 10.1. The Morgan fingerprint density at radius 1 is 1.45 bits per heavy atom. The zero-order chi connectivity index (χ0) is 16.2. The number of hydrogen-bond donors (Lipinski definition) is 2. The summed E-state index contributed by atoms with van der Waals surface area (Å²) < 4.78 is 5.28. The maximum Gasteiger partial charge on any atom is 0.407 e. The number of ketones is 1. The van der Waals surface area contributed by atoms with Crippen LogP contribution in [0.5, 0.6) is 0 Å². The van der Waals surface area contributed by atoms with Crippen LogP contribution in [0.25, 0.3) is 0 Å². The minimum atomic E-state index is -0.498. The van der Waals surface area contributed by atoms with Gasteiger partial charge in [0.15, 0.2) is 5.78 Å². The number of hydrogen-bond acceptors (Lipinski definition) is 4. The summed E-state index contributed by atoms with van der Waals surface area (Å²) in [6.07, 6.45) is 3.22. The molecule has 6 heteroatoms. The molecule has 1 atom stereocenters. The molecule has 1 aromatic heterocycles. The molecule has 6 nitrogen and oxygen atoms in total. The third-order valence-corrected chi connectivity index (χ3v) is 3.49. The van der Waals surface area contributed by atoms with Crippen molar-refractivity contribution in [2.24, 2.45) is 0 Å². The maximum absolute atomic E-state index is 12.1. The van der Waals surface area contributed by atoms with Crippen molar-refractivity contribution >= 4 is 11.9 Å².